The van der Waals surface area contributed by atoms with Crippen LogP contribution in [-0.4, -0.2) is 0 Å². The van der Waals surface area contributed by atoms with E-state index in [2.05, 4.69) is 40.4 Å². The van der Waals surface area contributed by atoms with Gasteiger partial charge >= 0.3 is 0 Å². The summed E-state index contributed by atoms with van der Waals surface area (Å²) < 4.78 is 1.18. The van der Waals surface area contributed by atoms with Crippen molar-refractivity contribution in [2.75, 3.05) is 0 Å². The SMILES string of the molecule is Cc1cc(C(Cl)c2cccs2)sc1Br. The van der Waals surface area contributed by atoms with E-state index in [0.29, 0.717) is 0 Å². The van der Waals surface area contributed by atoms with Gasteiger partial charge < -0.3 is 0 Å². The number of hydrogen-bond acceptors (Lipinski definition) is 2. The van der Waals surface area contributed by atoms with E-state index in [-0.39, 0.29) is 5.38 Å². The van der Waals surface area contributed by atoms with Gasteiger partial charge in [-0.15, -0.1) is 34.3 Å². The van der Waals surface area contributed by atoms with Gasteiger partial charge in [-0.2, -0.15) is 0 Å². The average Bonchev–Trinajstić information content (AvgIpc) is 2.76. The van der Waals surface area contributed by atoms with Crippen molar-refractivity contribution in [3.05, 3.63) is 42.7 Å². The van der Waals surface area contributed by atoms with Crippen molar-refractivity contribution in [2.45, 2.75) is 12.3 Å². The van der Waals surface area contributed by atoms with E-state index >= 15 is 0 Å². The average molecular weight is 308 g/mol. The lowest BCUT2D eigenvalue weighted by Gasteiger charge is -2.02. The number of aryl methyl sites for hydroxylation is 1. The number of thiophene rings is 2. The Morgan fingerprint density at radius 3 is 2.71 bits per heavy atom. The predicted octanol–water partition coefficient (Wildman–Crippen LogP) is 5.21. The number of alkyl halides is 1. The molecule has 0 nitrogen and oxygen atoms in total. The first kappa shape index (κ1) is 10.7. The van der Waals surface area contributed by atoms with Crippen molar-refractivity contribution in [2.24, 2.45) is 0 Å². The van der Waals surface area contributed by atoms with Crippen LogP contribution in [0.25, 0.3) is 0 Å². The van der Waals surface area contributed by atoms with E-state index in [0.717, 1.165) is 0 Å². The maximum atomic E-state index is 6.36. The smallest absolute Gasteiger partial charge is 0.102 e. The lowest BCUT2D eigenvalue weighted by atomic mass is 10.2. The van der Waals surface area contributed by atoms with Gasteiger partial charge in [0.25, 0.3) is 0 Å². The van der Waals surface area contributed by atoms with Crippen molar-refractivity contribution < 1.29 is 0 Å². The van der Waals surface area contributed by atoms with Crippen LogP contribution in [0.2, 0.25) is 0 Å². The molecule has 4 heteroatoms. The Morgan fingerprint density at radius 1 is 1.43 bits per heavy atom. The molecule has 2 aromatic rings. The minimum Gasteiger partial charge on any atom is -0.147 e. The molecule has 1 atom stereocenters. The van der Waals surface area contributed by atoms with E-state index in [4.69, 9.17) is 11.6 Å². The third-order valence-electron chi connectivity index (χ3n) is 1.92. The number of halogens is 2. The van der Waals surface area contributed by atoms with Crippen LogP contribution in [0, 0.1) is 6.92 Å². The van der Waals surface area contributed by atoms with Gasteiger partial charge in [0.15, 0.2) is 0 Å². The molecule has 2 aromatic heterocycles. The summed E-state index contributed by atoms with van der Waals surface area (Å²) >= 11 is 13.3. The summed E-state index contributed by atoms with van der Waals surface area (Å²) in [5.74, 6) is 0. The van der Waals surface area contributed by atoms with Crippen LogP contribution in [-0.2, 0) is 0 Å². The molecule has 0 aliphatic heterocycles. The molecule has 14 heavy (non-hydrogen) atoms. The summed E-state index contributed by atoms with van der Waals surface area (Å²) in [5.41, 5.74) is 1.26. The van der Waals surface area contributed by atoms with Gasteiger partial charge in [0.1, 0.15) is 5.38 Å². The van der Waals surface area contributed by atoms with Crippen molar-refractivity contribution in [1.29, 1.82) is 0 Å². The second-order valence-corrected chi connectivity index (χ2v) is 6.80. The van der Waals surface area contributed by atoms with Crippen molar-refractivity contribution in [1.82, 2.24) is 0 Å². The fraction of sp³-hybridized carbons (Fsp3) is 0.200. The molecular formula is C10H8BrClS2. The molecule has 0 aromatic carbocycles. The van der Waals surface area contributed by atoms with Gasteiger partial charge in [-0.3, -0.25) is 0 Å². The number of hydrogen-bond donors (Lipinski definition) is 0. The Hall–Kier alpha value is 0.170. The Morgan fingerprint density at radius 2 is 2.21 bits per heavy atom. The fourth-order valence-electron chi connectivity index (χ4n) is 1.18. The van der Waals surface area contributed by atoms with E-state index in [1.54, 1.807) is 22.7 Å². The lowest BCUT2D eigenvalue weighted by Crippen LogP contribution is -1.84. The molecule has 0 radical (unpaired) electrons. The molecule has 0 aliphatic carbocycles. The summed E-state index contributed by atoms with van der Waals surface area (Å²) in [7, 11) is 0. The molecule has 2 heterocycles. The van der Waals surface area contributed by atoms with Crippen LogP contribution in [0.15, 0.2) is 27.4 Å². The highest BCUT2D eigenvalue weighted by Gasteiger charge is 2.15. The molecule has 0 bridgehead atoms. The third kappa shape index (κ3) is 2.06. The molecule has 0 saturated carbocycles. The van der Waals surface area contributed by atoms with E-state index in [1.165, 1.54) is 19.1 Å². The predicted molar refractivity (Wildman–Crippen MR) is 68.8 cm³/mol. The highest BCUT2D eigenvalue weighted by molar-refractivity contribution is 9.11. The maximum absolute atomic E-state index is 6.36. The Balaban J connectivity index is 2.32. The molecule has 1 unspecified atom stereocenters. The Labute approximate surface area is 105 Å². The van der Waals surface area contributed by atoms with Crippen LogP contribution >= 0.6 is 50.2 Å². The minimum absolute atomic E-state index is 0.00463. The van der Waals surface area contributed by atoms with Crippen LogP contribution in [0.5, 0.6) is 0 Å². The highest BCUT2D eigenvalue weighted by atomic mass is 79.9. The topological polar surface area (TPSA) is 0 Å². The van der Waals surface area contributed by atoms with Gasteiger partial charge in [-0.1, -0.05) is 6.07 Å². The van der Waals surface area contributed by atoms with Gasteiger partial charge in [0, 0.05) is 9.75 Å². The first-order chi connectivity index (χ1) is 6.68. The molecule has 0 fully saturated rings. The minimum atomic E-state index is 0.00463. The zero-order valence-corrected chi connectivity index (χ0v) is 11.4. The molecule has 0 N–H and O–H groups in total. The van der Waals surface area contributed by atoms with Gasteiger partial charge in [-0.25, -0.2) is 0 Å². The standard InChI is InChI=1S/C10H8BrClS2/c1-6-5-8(14-10(6)11)9(12)7-3-2-4-13-7/h2-5,9H,1H3. The van der Waals surface area contributed by atoms with Crippen molar-refractivity contribution in [3.8, 4) is 0 Å². The quantitative estimate of drug-likeness (QED) is 0.668. The summed E-state index contributed by atoms with van der Waals surface area (Å²) in [6.45, 7) is 2.09. The van der Waals surface area contributed by atoms with Gasteiger partial charge in [0.05, 0.1) is 3.79 Å². The zero-order valence-electron chi connectivity index (χ0n) is 7.46. The first-order valence-electron chi connectivity index (χ1n) is 4.12. The summed E-state index contributed by atoms with van der Waals surface area (Å²) in [5, 5.41) is 2.06. The van der Waals surface area contributed by atoms with Crippen molar-refractivity contribution in [3.63, 3.8) is 0 Å². The second-order valence-electron chi connectivity index (χ2n) is 2.98. The van der Waals surface area contributed by atoms with Crippen LogP contribution in [0.3, 0.4) is 0 Å². The second kappa shape index (κ2) is 4.35. The molecule has 74 valence electrons. The highest BCUT2D eigenvalue weighted by Crippen LogP contribution is 2.39. The van der Waals surface area contributed by atoms with Gasteiger partial charge in [0.2, 0.25) is 0 Å². The molecule has 0 saturated heterocycles. The molecule has 2 rings (SSSR count). The normalized spacial score (nSPS) is 13.1. The van der Waals surface area contributed by atoms with E-state index in [1.807, 2.05) is 6.07 Å². The summed E-state index contributed by atoms with van der Waals surface area (Å²) in [6, 6.07) is 6.25. The summed E-state index contributed by atoms with van der Waals surface area (Å²) in [4.78, 5) is 2.42. The third-order valence-corrected chi connectivity index (χ3v) is 5.79. The molecular weight excluding hydrogens is 300 g/mol. The van der Waals surface area contributed by atoms with Crippen LogP contribution in [0.1, 0.15) is 20.7 Å². The number of rotatable bonds is 2. The molecule has 0 amide bonds. The van der Waals surface area contributed by atoms with E-state index in [9.17, 15) is 0 Å². The van der Waals surface area contributed by atoms with E-state index < -0.39 is 0 Å². The van der Waals surface area contributed by atoms with Gasteiger partial charge in [-0.05, 0) is 45.9 Å². The molecule has 0 spiro atoms. The van der Waals surface area contributed by atoms with Crippen LogP contribution < -0.4 is 0 Å². The molecule has 0 aliphatic rings. The zero-order chi connectivity index (χ0) is 10.1. The van der Waals surface area contributed by atoms with Crippen molar-refractivity contribution >= 4 is 50.2 Å². The Kier molecular flexibility index (Phi) is 3.32. The first-order valence-corrected chi connectivity index (χ1v) is 7.04. The van der Waals surface area contributed by atoms with Crippen LogP contribution in [0.4, 0.5) is 0 Å². The maximum Gasteiger partial charge on any atom is 0.102 e. The Bertz CT molecular complexity index is 400. The lowest BCUT2D eigenvalue weighted by molar-refractivity contribution is 1.23. The summed E-state index contributed by atoms with van der Waals surface area (Å²) in [6.07, 6.45) is 0. The fourth-order valence-corrected chi connectivity index (χ4v) is 3.97. The monoisotopic (exact) mass is 306 g/mol. The largest absolute Gasteiger partial charge is 0.147 e.